The van der Waals surface area contributed by atoms with Gasteiger partial charge in [0.25, 0.3) is 0 Å². The highest BCUT2D eigenvalue weighted by atomic mass is 32.2. The summed E-state index contributed by atoms with van der Waals surface area (Å²) in [6.07, 6.45) is 1.93. The molecule has 0 radical (unpaired) electrons. The van der Waals surface area contributed by atoms with Crippen LogP contribution >= 0.6 is 23.5 Å². The van der Waals surface area contributed by atoms with Crippen LogP contribution in [0, 0.1) is 0 Å². The second-order valence-electron chi connectivity index (χ2n) is 3.52. The molecule has 1 amide bonds. The Morgan fingerprint density at radius 1 is 1.47 bits per heavy atom. The summed E-state index contributed by atoms with van der Waals surface area (Å²) in [6, 6.07) is 0. The first-order chi connectivity index (χ1) is 8.19. The number of aromatic nitrogens is 4. The molecule has 2 aromatic heterocycles. The summed E-state index contributed by atoms with van der Waals surface area (Å²) in [6.45, 7) is 0. The SMILES string of the molecule is CSc1nc2c3c(nn(C)c3n1)NC(=O)CS2. The normalized spacial score (nSPS) is 14.8. The van der Waals surface area contributed by atoms with E-state index in [0.717, 1.165) is 16.1 Å². The molecule has 1 aliphatic rings. The van der Waals surface area contributed by atoms with Crippen LogP contribution in [0.3, 0.4) is 0 Å². The fourth-order valence-corrected chi connectivity index (χ4v) is 2.93. The smallest absolute Gasteiger partial charge is 0.236 e. The summed E-state index contributed by atoms with van der Waals surface area (Å²) in [4.78, 5) is 20.4. The lowest BCUT2D eigenvalue weighted by molar-refractivity contribution is -0.113. The molecule has 8 heteroatoms. The third-order valence-corrected chi connectivity index (χ3v) is 3.93. The van der Waals surface area contributed by atoms with Gasteiger partial charge in [-0.3, -0.25) is 4.79 Å². The molecule has 0 bridgehead atoms. The number of thioether (sulfide) groups is 2. The first-order valence-electron chi connectivity index (χ1n) is 4.90. The summed E-state index contributed by atoms with van der Waals surface area (Å²) in [5.41, 5.74) is 0.754. The molecule has 6 nitrogen and oxygen atoms in total. The molecule has 88 valence electrons. The van der Waals surface area contributed by atoms with Crippen LogP contribution in [0.5, 0.6) is 0 Å². The topological polar surface area (TPSA) is 72.7 Å². The zero-order valence-electron chi connectivity index (χ0n) is 9.22. The lowest BCUT2D eigenvalue weighted by atomic mass is 10.4. The molecular weight excluding hydrogens is 258 g/mol. The van der Waals surface area contributed by atoms with E-state index in [9.17, 15) is 4.79 Å². The van der Waals surface area contributed by atoms with Crippen molar-refractivity contribution >= 4 is 46.3 Å². The highest BCUT2D eigenvalue weighted by Crippen LogP contribution is 2.34. The highest BCUT2D eigenvalue weighted by Gasteiger charge is 2.22. The van der Waals surface area contributed by atoms with Gasteiger partial charge < -0.3 is 5.32 Å². The fraction of sp³-hybridized carbons (Fsp3) is 0.333. The molecule has 3 rings (SSSR count). The van der Waals surface area contributed by atoms with E-state index in [1.807, 2.05) is 13.3 Å². The van der Waals surface area contributed by atoms with E-state index in [2.05, 4.69) is 20.4 Å². The molecule has 0 aromatic carbocycles. The molecule has 0 saturated carbocycles. The number of hydrogen-bond donors (Lipinski definition) is 1. The van der Waals surface area contributed by atoms with Crippen LogP contribution in [-0.4, -0.2) is 37.7 Å². The Bertz CT molecular complexity index is 623. The first kappa shape index (κ1) is 10.8. The molecule has 0 saturated heterocycles. The molecule has 0 aliphatic carbocycles. The second kappa shape index (κ2) is 3.88. The van der Waals surface area contributed by atoms with Gasteiger partial charge in [-0.1, -0.05) is 23.5 Å². The van der Waals surface area contributed by atoms with Crippen molar-refractivity contribution in [2.75, 3.05) is 17.3 Å². The number of carbonyl (C=O) groups excluding carboxylic acids is 1. The summed E-state index contributed by atoms with van der Waals surface area (Å²) in [7, 11) is 1.81. The number of anilines is 1. The fourth-order valence-electron chi connectivity index (χ4n) is 1.68. The van der Waals surface area contributed by atoms with E-state index in [0.29, 0.717) is 16.7 Å². The lowest BCUT2D eigenvalue weighted by Gasteiger charge is -2.01. The molecule has 0 fully saturated rings. The van der Waals surface area contributed by atoms with Crippen LogP contribution in [0.15, 0.2) is 10.2 Å². The van der Waals surface area contributed by atoms with E-state index in [4.69, 9.17) is 0 Å². The third kappa shape index (κ3) is 1.67. The van der Waals surface area contributed by atoms with Crippen molar-refractivity contribution in [1.29, 1.82) is 0 Å². The minimum absolute atomic E-state index is 0.0568. The molecule has 1 aliphatic heterocycles. The predicted octanol–water partition coefficient (Wildman–Crippen LogP) is 1.13. The molecule has 0 unspecified atom stereocenters. The van der Waals surface area contributed by atoms with Gasteiger partial charge in [0.1, 0.15) is 5.03 Å². The summed E-state index contributed by atoms with van der Waals surface area (Å²) in [5.74, 6) is 0.860. The maximum absolute atomic E-state index is 11.5. The highest BCUT2D eigenvalue weighted by molar-refractivity contribution is 8.00. The second-order valence-corrected chi connectivity index (χ2v) is 5.26. The van der Waals surface area contributed by atoms with E-state index in [1.54, 1.807) is 4.68 Å². The average molecular weight is 267 g/mol. The van der Waals surface area contributed by atoms with Crippen LogP contribution in [-0.2, 0) is 11.8 Å². The zero-order valence-corrected chi connectivity index (χ0v) is 10.9. The van der Waals surface area contributed by atoms with Gasteiger partial charge in [-0.25, -0.2) is 14.6 Å². The maximum atomic E-state index is 11.5. The monoisotopic (exact) mass is 267 g/mol. The predicted molar refractivity (Wildman–Crippen MR) is 67.4 cm³/mol. The van der Waals surface area contributed by atoms with Crippen LogP contribution in [0.2, 0.25) is 0 Å². The lowest BCUT2D eigenvalue weighted by Crippen LogP contribution is -2.13. The summed E-state index contributed by atoms with van der Waals surface area (Å²) in [5, 5.41) is 9.38. The molecule has 0 spiro atoms. The Balaban J connectivity index is 2.35. The third-order valence-electron chi connectivity index (χ3n) is 2.41. The van der Waals surface area contributed by atoms with Gasteiger partial charge in [0, 0.05) is 7.05 Å². The molecule has 17 heavy (non-hydrogen) atoms. The van der Waals surface area contributed by atoms with E-state index in [-0.39, 0.29) is 5.91 Å². The molecular formula is C9H9N5OS2. The van der Waals surface area contributed by atoms with E-state index in [1.165, 1.54) is 23.5 Å². The number of rotatable bonds is 1. The van der Waals surface area contributed by atoms with Crippen molar-refractivity contribution in [1.82, 2.24) is 19.7 Å². The van der Waals surface area contributed by atoms with Gasteiger partial charge in [0.05, 0.1) is 11.1 Å². The number of aryl methyl sites for hydroxylation is 1. The van der Waals surface area contributed by atoms with Gasteiger partial charge in [-0.2, -0.15) is 5.10 Å². The Morgan fingerprint density at radius 2 is 2.29 bits per heavy atom. The van der Waals surface area contributed by atoms with Gasteiger partial charge in [-0.15, -0.1) is 0 Å². The maximum Gasteiger partial charge on any atom is 0.236 e. The van der Waals surface area contributed by atoms with Crippen molar-refractivity contribution in [3.8, 4) is 0 Å². The minimum atomic E-state index is -0.0568. The number of hydrogen-bond acceptors (Lipinski definition) is 6. The Kier molecular flexibility index (Phi) is 2.48. The number of carbonyl (C=O) groups is 1. The van der Waals surface area contributed by atoms with Crippen LogP contribution in [0.4, 0.5) is 5.82 Å². The quantitative estimate of drug-likeness (QED) is 0.474. The summed E-state index contributed by atoms with van der Waals surface area (Å²) >= 11 is 2.90. The molecule has 2 aromatic rings. The van der Waals surface area contributed by atoms with Crippen molar-refractivity contribution in [2.45, 2.75) is 10.2 Å². The number of amides is 1. The Morgan fingerprint density at radius 3 is 3.06 bits per heavy atom. The Hall–Kier alpha value is -1.28. The van der Waals surface area contributed by atoms with Crippen molar-refractivity contribution in [2.24, 2.45) is 7.05 Å². The molecule has 0 atom stereocenters. The summed E-state index contributed by atoms with van der Waals surface area (Å²) < 4.78 is 1.67. The molecule has 1 N–H and O–H groups in total. The first-order valence-corrected chi connectivity index (χ1v) is 7.11. The minimum Gasteiger partial charge on any atom is -0.308 e. The van der Waals surface area contributed by atoms with Crippen molar-refractivity contribution in [3.63, 3.8) is 0 Å². The van der Waals surface area contributed by atoms with Gasteiger partial charge in [0.15, 0.2) is 16.6 Å². The number of nitrogens with zero attached hydrogens (tertiary/aromatic N) is 4. The van der Waals surface area contributed by atoms with Gasteiger partial charge in [0.2, 0.25) is 5.91 Å². The molecule has 3 heterocycles. The zero-order chi connectivity index (χ0) is 12.0. The van der Waals surface area contributed by atoms with Crippen molar-refractivity contribution < 1.29 is 4.79 Å². The largest absolute Gasteiger partial charge is 0.308 e. The van der Waals surface area contributed by atoms with E-state index < -0.39 is 0 Å². The standard InChI is InChI=1S/C9H9N5OS2/c1-14-7-5-6(13-14)10-4(15)3-17-8(5)12-9(11-7)16-2/h3H2,1-2H3,(H,10,13,15). The van der Waals surface area contributed by atoms with E-state index >= 15 is 0 Å². The van der Waals surface area contributed by atoms with Crippen molar-refractivity contribution in [3.05, 3.63) is 0 Å². The van der Waals surface area contributed by atoms with Crippen LogP contribution in [0.25, 0.3) is 11.0 Å². The van der Waals surface area contributed by atoms with Crippen LogP contribution < -0.4 is 5.32 Å². The van der Waals surface area contributed by atoms with Crippen LogP contribution in [0.1, 0.15) is 0 Å². The van der Waals surface area contributed by atoms with Gasteiger partial charge in [-0.05, 0) is 6.26 Å². The van der Waals surface area contributed by atoms with Gasteiger partial charge >= 0.3 is 0 Å². The Labute approximate surface area is 106 Å². The average Bonchev–Trinajstić information content (AvgIpc) is 2.53. The number of nitrogens with one attached hydrogen (secondary N) is 1.